The molecule has 53 heavy (non-hydrogen) atoms. The van der Waals surface area contributed by atoms with Crippen molar-refractivity contribution in [3.05, 3.63) is 145 Å². The number of nitrogens with zero attached hydrogens (tertiary/aromatic N) is 6. The zero-order chi connectivity index (χ0) is 35.3. The van der Waals surface area contributed by atoms with E-state index in [4.69, 9.17) is 9.97 Å². The Labute approximate surface area is 317 Å². The Morgan fingerprint density at radius 1 is 0.340 bits per heavy atom. The van der Waals surface area contributed by atoms with Crippen LogP contribution in [0.15, 0.2) is 122 Å². The Kier molecular flexibility index (Phi) is 8.73. The van der Waals surface area contributed by atoms with Crippen molar-refractivity contribution in [2.45, 2.75) is 0 Å². The van der Waals surface area contributed by atoms with E-state index in [0.29, 0.717) is 0 Å². The summed E-state index contributed by atoms with van der Waals surface area (Å²) >= 11 is 0. The molecule has 7 aromatic heterocycles. The van der Waals surface area contributed by atoms with E-state index in [0.717, 1.165) is 89.4 Å². The number of fused-ring (bicyclic) bond motifs is 8. The molecule has 9 heteroatoms. The van der Waals surface area contributed by atoms with Crippen LogP contribution in [0.4, 0.5) is 0 Å². The summed E-state index contributed by atoms with van der Waals surface area (Å²) in [7, 11) is 8.14. The fourth-order valence-corrected chi connectivity index (χ4v) is 7.09. The van der Waals surface area contributed by atoms with Crippen molar-refractivity contribution in [3.8, 4) is 44.5 Å². The zero-order valence-corrected chi connectivity index (χ0v) is 30.8. The van der Waals surface area contributed by atoms with Crippen LogP contribution >= 0.6 is 0 Å². The fraction of sp³-hybridized carbons (Fsp3) is 0.0909. The Morgan fingerprint density at radius 3 is 0.755 bits per heavy atom. The van der Waals surface area contributed by atoms with Gasteiger partial charge in [0.05, 0.1) is 22.8 Å². The minimum Gasteiger partial charge on any atom is -0.354 e. The maximum absolute atomic E-state index is 5.39. The second-order valence-electron chi connectivity index (χ2n) is 13.5. The van der Waals surface area contributed by atoms with Crippen molar-refractivity contribution in [3.63, 3.8) is 0 Å². The first-order valence-electron chi connectivity index (χ1n) is 17.4. The Hall–Kier alpha value is -6.31. The van der Waals surface area contributed by atoms with E-state index < -0.39 is 0 Å². The number of hydrogen-bond acceptors (Lipinski definition) is 2. The second kappa shape index (κ2) is 13.7. The second-order valence-corrected chi connectivity index (χ2v) is 13.5. The zero-order valence-electron chi connectivity index (χ0n) is 29.9. The maximum Gasteiger partial charge on any atom is 2.00 e. The van der Waals surface area contributed by atoms with Crippen molar-refractivity contribution >= 4 is 46.4 Å². The van der Waals surface area contributed by atoms with Gasteiger partial charge in [-0.3, -0.25) is 0 Å². The van der Waals surface area contributed by atoms with Crippen molar-refractivity contribution in [1.29, 1.82) is 0 Å². The third-order valence-electron chi connectivity index (χ3n) is 9.82. The standard InChI is InChI=1S/C44H37N8.Ni/c1-49-21-13-29(14-22-49)41-33-5-7-35(45-33)42(30-15-23-50(2)24-16-30)37-9-11-39(47-37)44(32-19-27-52(4)28-20-32)40-12-10-38(48-40)43(36-8-6-34(41)46-36)31-17-25-51(3)26-18-31;/h5-28H,1-4H3,(H,45,46,47,48);/q+3;+2/p+1. The Morgan fingerprint density at radius 2 is 0.547 bits per heavy atom. The molecule has 8 bridgehead atoms. The molecule has 0 spiro atoms. The van der Waals surface area contributed by atoms with E-state index in [1.807, 2.05) is 46.5 Å². The number of H-pyrrole nitrogens is 2. The minimum atomic E-state index is 0. The van der Waals surface area contributed by atoms with E-state index in [-0.39, 0.29) is 16.5 Å². The molecule has 0 radical (unpaired) electrons. The number of aromatic amines is 2. The summed E-state index contributed by atoms with van der Waals surface area (Å²) in [4.78, 5) is 18.4. The van der Waals surface area contributed by atoms with E-state index in [2.05, 4.69) is 157 Å². The van der Waals surface area contributed by atoms with Gasteiger partial charge in [0.25, 0.3) is 0 Å². The summed E-state index contributed by atoms with van der Waals surface area (Å²) in [6, 6.07) is 25.8. The first kappa shape index (κ1) is 33.8. The van der Waals surface area contributed by atoms with Crippen LogP contribution in [0, 0.1) is 0 Å². The van der Waals surface area contributed by atoms with Gasteiger partial charge < -0.3 is 9.97 Å². The van der Waals surface area contributed by atoms with Gasteiger partial charge in [-0.25, -0.2) is 28.2 Å². The van der Waals surface area contributed by atoms with Gasteiger partial charge in [-0.1, -0.05) is 0 Å². The third-order valence-corrected chi connectivity index (χ3v) is 9.82. The number of aromatic nitrogens is 8. The van der Waals surface area contributed by atoms with Gasteiger partial charge in [0.1, 0.15) is 28.2 Å². The predicted molar refractivity (Wildman–Crippen MR) is 205 cm³/mol. The van der Waals surface area contributed by atoms with E-state index in [1.165, 1.54) is 0 Å². The molecule has 0 atom stereocenters. The summed E-state index contributed by atoms with van der Waals surface area (Å²) in [6.07, 6.45) is 25.2. The molecule has 0 aromatic carbocycles. The Bertz CT molecular complexity index is 2370. The maximum atomic E-state index is 5.39. The van der Waals surface area contributed by atoms with Crippen molar-refractivity contribution < 1.29 is 34.8 Å². The van der Waals surface area contributed by atoms with Crippen LogP contribution in [-0.2, 0) is 44.7 Å². The van der Waals surface area contributed by atoms with Crippen LogP contribution < -0.4 is 18.3 Å². The summed E-state index contributed by atoms with van der Waals surface area (Å²) in [5.74, 6) is 0. The quantitative estimate of drug-likeness (QED) is 0.158. The van der Waals surface area contributed by atoms with Crippen LogP contribution in [0.5, 0.6) is 0 Å². The first-order chi connectivity index (χ1) is 25.4. The van der Waals surface area contributed by atoms with Crippen molar-refractivity contribution in [2.24, 2.45) is 28.2 Å². The molecule has 2 N–H and O–H groups in total. The molecule has 9 rings (SSSR count). The molecule has 258 valence electrons. The van der Waals surface area contributed by atoms with Crippen molar-refractivity contribution in [1.82, 2.24) is 19.9 Å². The van der Waals surface area contributed by atoms with Crippen LogP contribution in [0.1, 0.15) is 22.8 Å². The van der Waals surface area contributed by atoms with E-state index in [9.17, 15) is 0 Å². The molecule has 0 amide bonds. The molecule has 9 heterocycles. The number of nitrogens with one attached hydrogen (secondary N) is 2. The largest absolute Gasteiger partial charge is 2.00 e. The average Bonchev–Trinajstić information content (AvgIpc) is 3.99. The monoisotopic (exact) mass is 736 g/mol. The van der Waals surface area contributed by atoms with Crippen LogP contribution in [0.3, 0.4) is 0 Å². The summed E-state index contributed by atoms with van der Waals surface area (Å²) in [5.41, 5.74) is 15.9. The van der Waals surface area contributed by atoms with Gasteiger partial charge in [0.15, 0.2) is 49.6 Å². The molecule has 8 nitrogen and oxygen atoms in total. The van der Waals surface area contributed by atoms with Gasteiger partial charge >= 0.3 is 16.5 Å². The molecule has 2 aliphatic rings. The topological polar surface area (TPSA) is 72.9 Å². The molecular weight excluding hydrogens is 699 g/mol. The molecule has 0 fully saturated rings. The summed E-state index contributed by atoms with van der Waals surface area (Å²) in [6.45, 7) is 0. The molecule has 0 saturated heterocycles. The van der Waals surface area contributed by atoms with Crippen LogP contribution in [-0.4, -0.2) is 19.9 Å². The molecule has 0 unspecified atom stereocenters. The normalized spacial score (nSPS) is 11.8. The van der Waals surface area contributed by atoms with Crippen LogP contribution in [0.25, 0.3) is 90.9 Å². The van der Waals surface area contributed by atoms with Gasteiger partial charge in [0, 0.05) is 92.9 Å². The third kappa shape index (κ3) is 6.30. The molecule has 0 aliphatic carbocycles. The number of aryl methyl sites for hydroxylation is 4. The predicted octanol–water partition coefficient (Wildman–Crippen LogP) is 6.62. The smallest absolute Gasteiger partial charge is 0.354 e. The van der Waals surface area contributed by atoms with E-state index >= 15 is 0 Å². The van der Waals surface area contributed by atoms with Gasteiger partial charge in [-0.2, -0.15) is 0 Å². The summed E-state index contributed by atoms with van der Waals surface area (Å²) < 4.78 is 8.20. The summed E-state index contributed by atoms with van der Waals surface area (Å²) in [5, 5.41) is 0. The number of hydrogen-bond donors (Lipinski definition) is 2. The number of rotatable bonds is 4. The SMILES string of the molecule is C[n+]1ccc(-c2c3nc(c(-c4cc[n+](C)cc4)c4ccc([nH]4)c(-c4cc[n+](C)cc4)c4nc(c(-c5cc[n+](C)cc5)c5ccc2[nH]5)C=C4)C=C3)cc1.[Ni+2]. The van der Waals surface area contributed by atoms with Gasteiger partial charge in [-0.05, 0) is 70.8 Å². The van der Waals surface area contributed by atoms with Crippen LogP contribution in [0.2, 0.25) is 0 Å². The average molecular weight is 738 g/mol. The Balaban J connectivity index is 0.00000400. The fourth-order valence-electron chi connectivity index (χ4n) is 7.09. The van der Waals surface area contributed by atoms with Gasteiger partial charge in [0.2, 0.25) is 0 Å². The minimum absolute atomic E-state index is 0. The van der Waals surface area contributed by atoms with E-state index in [1.54, 1.807) is 0 Å². The molecule has 7 aromatic rings. The molecule has 2 aliphatic heterocycles. The number of pyridine rings is 4. The molecule has 0 saturated carbocycles. The van der Waals surface area contributed by atoms with Crippen molar-refractivity contribution in [2.75, 3.05) is 0 Å². The molecular formula is C44H38N8Ni+6. The first-order valence-corrected chi connectivity index (χ1v) is 17.4. The van der Waals surface area contributed by atoms with Gasteiger partial charge in [-0.15, -0.1) is 0 Å².